The summed E-state index contributed by atoms with van der Waals surface area (Å²) in [6.07, 6.45) is 8.48. The highest BCUT2D eigenvalue weighted by atomic mass is 79.9. The highest BCUT2D eigenvalue weighted by Crippen LogP contribution is 2.43. The Hall–Kier alpha value is -1.36. The smallest absolute Gasteiger partial charge is 0.241 e. The summed E-state index contributed by atoms with van der Waals surface area (Å²) in [4.78, 5) is 25.7. The van der Waals surface area contributed by atoms with E-state index in [2.05, 4.69) is 28.1 Å². The zero-order valence-corrected chi connectivity index (χ0v) is 16.4. The number of rotatable bonds is 4. The van der Waals surface area contributed by atoms with Crippen molar-refractivity contribution in [3.05, 3.63) is 29.3 Å². The van der Waals surface area contributed by atoms with Gasteiger partial charge in [0.05, 0.1) is 4.83 Å². The number of carbonyl (C=O) groups is 2. The van der Waals surface area contributed by atoms with Crippen molar-refractivity contribution in [2.75, 3.05) is 11.4 Å². The molecular formula is C20H27BrN2O2. The monoisotopic (exact) mass is 406 g/mol. The molecule has 1 fully saturated rings. The molecule has 0 aromatic heterocycles. The molecule has 0 spiro atoms. The summed E-state index contributed by atoms with van der Waals surface area (Å²) in [6, 6.07) is 6.27. The van der Waals surface area contributed by atoms with Crippen molar-refractivity contribution in [1.29, 1.82) is 0 Å². The number of hydrogen-bond donors (Lipinski definition) is 1. The van der Waals surface area contributed by atoms with Gasteiger partial charge in [-0.3, -0.25) is 9.59 Å². The standard InChI is InChI=1S/C20H27BrN2O2/c1-13-7-8-16-15(10-14-5-3-2-4-6-14)11-17(21)20(25)23(12-19(22)24)18(16)9-13/h7-9,14-15,17H,2-6,10-12H2,1H3,(H2,22,24). The van der Waals surface area contributed by atoms with Crippen molar-refractivity contribution in [2.24, 2.45) is 11.7 Å². The molecule has 3 rings (SSSR count). The van der Waals surface area contributed by atoms with E-state index in [1.165, 1.54) is 37.7 Å². The average Bonchev–Trinajstić information content (AvgIpc) is 2.66. The minimum absolute atomic E-state index is 0.0585. The van der Waals surface area contributed by atoms with Crippen molar-refractivity contribution in [1.82, 2.24) is 0 Å². The molecule has 1 aromatic carbocycles. The number of halogens is 1. The first-order valence-electron chi connectivity index (χ1n) is 9.30. The van der Waals surface area contributed by atoms with E-state index < -0.39 is 5.91 Å². The Morgan fingerprint density at radius 1 is 1.28 bits per heavy atom. The van der Waals surface area contributed by atoms with Gasteiger partial charge in [0.1, 0.15) is 6.54 Å². The van der Waals surface area contributed by atoms with Crippen molar-refractivity contribution in [3.63, 3.8) is 0 Å². The van der Waals surface area contributed by atoms with Gasteiger partial charge in [0.25, 0.3) is 0 Å². The zero-order valence-electron chi connectivity index (χ0n) is 14.8. The Balaban J connectivity index is 1.96. The summed E-state index contributed by atoms with van der Waals surface area (Å²) < 4.78 is 0. The third kappa shape index (κ3) is 4.25. The van der Waals surface area contributed by atoms with Gasteiger partial charge in [0, 0.05) is 5.69 Å². The highest BCUT2D eigenvalue weighted by Gasteiger charge is 2.35. The Bertz CT molecular complexity index is 655. The molecule has 0 bridgehead atoms. The summed E-state index contributed by atoms with van der Waals surface area (Å²) in [7, 11) is 0. The Kier molecular flexibility index (Phi) is 5.82. The van der Waals surface area contributed by atoms with Crippen LogP contribution in [0.25, 0.3) is 0 Å². The van der Waals surface area contributed by atoms with Crippen LogP contribution in [0.15, 0.2) is 18.2 Å². The predicted molar refractivity (Wildman–Crippen MR) is 104 cm³/mol. The van der Waals surface area contributed by atoms with Crippen LogP contribution in [0.1, 0.15) is 62.0 Å². The van der Waals surface area contributed by atoms with Gasteiger partial charge in [-0.25, -0.2) is 0 Å². The van der Waals surface area contributed by atoms with Crippen LogP contribution in [0.4, 0.5) is 5.69 Å². The summed E-state index contributed by atoms with van der Waals surface area (Å²) in [5.74, 6) is 0.540. The Labute approximate surface area is 158 Å². The molecule has 4 nitrogen and oxygen atoms in total. The van der Waals surface area contributed by atoms with E-state index in [0.29, 0.717) is 5.92 Å². The summed E-state index contributed by atoms with van der Waals surface area (Å²) >= 11 is 3.57. The van der Waals surface area contributed by atoms with Crippen LogP contribution in [0.5, 0.6) is 0 Å². The van der Waals surface area contributed by atoms with Crippen LogP contribution in [-0.2, 0) is 9.59 Å². The number of primary amides is 1. The minimum atomic E-state index is -0.480. The van der Waals surface area contributed by atoms with E-state index in [4.69, 9.17) is 5.73 Å². The molecule has 1 aromatic rings. The summed E-state index contributed by atoms with van der Waals surface area (Å²) in [5.41, 5.74) is 8.56. The minimum Gasteiger partial charge on any atom is -0.368 e. The van der Waals surface area contributed by atoms with Crippen LogP contribution in [-0.4, -0.2) is 23.2 Å². The first-order chi connectivity index (χ1) is 12.0. The molecule has 25 heavy (non-hydrogen) atoms. The lowest BCUT2D eigenvalue weighted by Gasteiger charge is -2.28. The SMILES string of the molecule is Cc1ccc2c(c1)N(CC(N)=O)C(=O)C(Br)CC2CC1CCCCC1. The molecule has 2 amide bonds. The molecule has 1 saturated carbocycles. The maximum Gasteiger partial charge on any atom is 0.241 e. The normalized spacial score (nSPS) is 24.7. The number of alkyl halides is 1. The van der Waals surface area contributed by atoms with E-state index >= 15 is 0 Å². The van der Waals surface area contributed by atoms with E-state index in [1.54, 1.807) is 4.90 Å². The van der Waals surface area contributed by atoms with Crippen LogP contribution >= 0.6 is 15.9 Å². The fourth-order valence-electron chi connectivity index (χ4n) is 4.37. The van der Waals surface area contributed by atoms with E-state index in [0.717, 1.165) is 30.0 Å². The van der Waals surface area contributed by atoms with Gasteiger partial charge in [-0.15, -0.1) is 0 Å². The lowest BCUT2D eigenvalue weighted by atomic mass is 9.79. The number of hydrogen-bond acceptors (Lipinski definition) is 2. The Morgan fingerprint density at radius 3 is 2.68 bits per heavy atom. The number of nitrogens with two attached hydrogens (primary N) is 1. The molecule has 2 N–H and O–H groups in total. The van der Waals surface area contributed by atoms with Crippen molar-refractivity contribution in [3.8, 4) is 0 Å². The van der Waals surface area contributed by atoms with E-state index in [9.17, 15) is 9.59 Å². The maximum absolute atomic E-state index is 12.9. The topological polar surface area (TPSA) is 63.4 Å². The second-order valence-electron chi connectivity index (χ2n) is 7.59. The molecule has 136 valence electrons. The van der Waals surface area contributed by atoms with Gasteiger partial charge in [-0.05, 0) is 48.8 Å². The summed E-state index contributed by atoms with van der Waals surface area (Å²) in [5, 5.41) is 0. The zero-order chi connectivity index (χ0) is 18.0. The predicted octanol–water partition coefficient (Wildman–Crippen LogP) is 4.03. The van der Waals surface area contributed by atoms with Gasteiger partial charge in [0.15, 0.2) is 0 Å². The van der Waals surface area contributed by atoms with Gasteiger partial charge in [-0.2, -0.15) is 0 Å². The molecule has 2 atom stereocenters. The second-order valence-corrected chi connectivity index (χ2v) is 8.70. The fraction of sp³-hybridized carbons (Fsp3) is 0.600. The summed E-state index contributed by atoms with van der Waals surface area (Å²) in [6.45, 7) is 1.95. The van der Waals surface area contributed by atoms with Gasteiger partial charge in [0.2, 0.25) is 11.8 Å². The molecule has 0 saturated heterocycles. The van der Waals surface area contributed by atoms with Crippen molar-refractivity contribution in [2.45, 2.75) is 62.6 Å². The first-order valence-corrected chi connectivity index (χ1v) is 10.2. The average molecular weight is 407 g/mol. The lowest BCUT2D eigenvalue weighted by molar-refractivity contribution is -0.122. The molecule has 1 aliphatic heterocycles. The molecule has 0 radical (unpaired) electrons. The first kappa shape index (κ1) is 18.4. The second kappa shape index (κ2) is 7.90. The van der Waals surface area contributed by atoms with Crippen LogP contribution in [0, 0.1) is 12.8 Å². The van der Waals surface area contributed by atoms with Crippen LogP contribution in [0.2, 0.25) is 0 Å². The number of fused-ring (bicyclic) bond motifs is 1. The molecular weight excluding hydrogens is 380 g/mol. The van der Waals surface area contributed by atoms with Gasteiger partial charge >= 0.3 is 0 Å². The molecule has 1 aliphatic carbocycles. The van der Waals surface area contributed by atoms with Crippen molar-refractivity contribution < 1.29 is 9.59 Å². The number of nitrogens with zero attached hydrogens (tertiary/aromatic N) is 1. The van der Waals surface area contributed by atoms with Gasteiger partial charge in [-0.1, -0.05) is 60.2 Å². The quantitative estimate of drug-likeness (QED) is 0.766. The highest BCUT2D eigenvalue weighted by molar-refractivity contribution is 9.10. The number of anilines is 1. The fourth-order valence-corrected chi connectivity index (χ4v) is 5.06. The van der Waals surface area contributed by atoms with E-state index in [1.807, 2.05) is 13.0 Å². The Morgan fingerprint density at radius 2 is 2.00 bits per heavy atom. The number of carbonyl (C=O) groups excluding carboxylic acids is 2. The van der Waals surface area contributed by atoms with E-state index in [-0.39, 0.29) is 17.3 Å². The van der Waals surface area contributed by atoms with Crippen LogP contribution in [0.3, 0.4) is 0 Å². The van der Waals surface area contributed by atoms with Crippen LogP contribution < -0.4 is 10.6 Å². The largest absolute Gasteiger partial charge is 0.368 e. The molecule has 1 heterocycles. The molecule has 2 aliphatic rings. The van der Waals surface area contributed by atoms with Gasteiger partial charge < -0.3 is 10.6 Å². The molecule has 2 unspecified atom stereocenters. The number of aryl methyl sites for hydroxylation is 1. The third-order valence-corrected chi connectivity index (χ3v) is 6.36. The molecule has 5 heteroatoms. The number of benzene rings is 1. The van der Waals surface area contributed by atoms with Crippen molar-refractivity contribution >= 4 is 33.4 Å². The maximum atomic E-state index is 12.9. The third-order valence-electron chi connectivity index (χ3n) is 5.60. The number of amides is 2. The lowest BCUT2D eigenvalue weighted by Crippen LogP contribution is -2.41.